The Morgan fingerprint density at radius 1 is 1.10 bits per heavy atom. The Labute approximate surface area is 124 Å². The summed E-state index contributed by atoms with van der Waals surface area (Å²) >= 11 is 0. The third-order valence-corrected chi connectivity index (χ3v) is 4.62. The van der Waals surface area contributed by atoms with Crippen LogP contribution in [0, 0.1) is 11.8 Å². The monoisotopic (exact) mass is 299 g/mol. The first-order valence-corrected chi connectivity index (χ1v) is 7.76. The maximum atomic E-state index is 12.9. The fourth-order valence-corrected chi connectivity index (χ4v) is 3.20. The molecule has 0 radical (unpaired) electrons. The second-order valence-corrected chi connectivity index (χ2v) is 6.39. The van der Waals surface area contributed by atoms with E-state index in [2.05, 4.69) is 19.2 Å². The van der Waals surface area contributed by atoms with Gasteiger partial charge in [0, 0.05) is 12.6 Å². The lowest BCUT2D eigenvalue weighted by molar-refractivity contribution is -0.138. The summed E-state index contributed by atoms with van der Waals surface area (Å²) in [6.07, 6.45) is 0.216. The van der Waals surface area contributed by atoms with Crippen LogP contribution in [0.4, 0.5) is 13.2 Å². The van der Waals surface area contributed by atoms with Crippen molar-refractivity contribution in [2.24, 2.45) is 11.8 Å². The minimum Gasteiger partial charge on any atom is -0.310 e. The van der Waals surface area contributed by atoms with Crippen LogP contribution >= 0.6 is 0 Å². The Bertz CT molecular complexity index is 446. The van der Waals surface area contributed by atoms with E-state index in [0.29, 0.717) is 24.1 Å². The van der Waals surface area contributed by atoms with Crippen LogP contribution in [0.15, 0.2) is 24.3 Å². The first-order valence-electron chi connectivity index (χ1n) is 7.76. The van der Waals surface area contributed by atoms with E-state index >= 15 is 0 Å². The highest BCUT2D eigenvalue weighted by molar-refractivity contribution is 5.29. The van der Waals surface area contributed by atoms with Crippen LogP contribution in [0.5, 0.6) is 0 Å². The molecule has 0 spiro atoms. The fourth-order valence-electron chi connectivity index (χ4n) is 3.20. The predicted molar refractivity (Wildman–Crippen MR) is 78.9 cm³/mol. The van der Waals surface area contributed by atoms with Gasteiger partial charge >= 0.3 is 6.18 Å². The van der Waals surface area contributed by atoms with Crippen LogP contribution in [0.25, 0.3) is 0 Å². The number of benzene rings is 1. The zero-order valence-electron chi connectivity index (χ0n) is 12.7. The van der Waals surface area contributed by atoms with E-state index in [1.807, 2.05) is 0 Å². The van der Waals surface area contributed by atoms with Crippen LogP contribution in [0.3, 0.4) is 0 Å². The number of alkyl halides is 3. The third kappa shape index (κ3) is 4.47. The van der Waals surface area contributed by atoms with E-state index in [1.165, 1.54) is 18.9 Å². The Morgan fingerprint density at radius 3 is 2.29 bits per heavy atom. The minimum atomic E-state index is -4.27. The molecule has 0 saturated heterocycles. The molecule has 21 heavy (non-hydrogen) atoms. The van der Waals surface area contributed by atoms with Crippen LogP contribution in [0.2, 0.25) is 0 Å². The highest BCUT2D eigenvalue weighted by atomic mass is 19.4. The van der Waals surface area contributed by atoms with Crippen molar-refractivity contribution in [1.82, 2.24) is 5.32 Å². The number of nitrogens with one attached hydrogen (secondary N) is 1. The van der Waals surface area contributed by atoms with E-state index in [4.69, 9.17) is 0 Å². The van der Waals surface area contributed by atoms with Crippen LogP contribution in [0.1, 0.15) is 50.7 Å². The van der Waals surface area contributed by atoms with E-state index in [9.17, 15) is 13.2 Å². The van der Waals surface area contributed by atoms with E-state index in [-0.39, 0.29) is 0 Å². The normalized spacial score (nSPS) is 23.5. The molecule has 1 fully saturated rings. The Kier molecular flexibility index (Phi) is 5.31. The lowest BCUT2D eigenvalue weighted by atomic mass is 9.79. The number of hydrogen-bond donors (Lipinski definition) is 1. The molecule has 0 aromatic heterocycles. The van der Waals surface area contributed by atoms with Gasteiger partial charge in [0.2, 0.25) is 0 Å². The Balaban J connectivity index is 1.90. The maximum Gasteiger partial charge on any atom is 0.416 e. The molecule has 1 aliphatic carbocycles. The summed E-state index contributed by atoms with van der Waals surface area (Å²) in [5.74, 6) is 1.47. The van der Waals surface area contributed by atoms with Crippen LogP contribution < -0.4 is 5.32 Å². The van der Waals surface area contributed by atoms with Gasteiger partial charge in [-0.05, 0) is 49.1 Å². The largest absolute Gasteiger partial charge is 0.416 e. The first kappa shape index (κ1) is 16.3. The average Bonchev–Trinajstić information content (AvgIpc) is 2.45. The third-order valence-electron chi connectivity index (χ3n) is 4.62. The molecule has 1 aliphatic rings. The molecule has 118 valence electrons. The van der Waals surface area contributed by atoms with Crippen molar-refractivity contribution >= 4 is 0 Å². The van der Waals surface area contributed by atoms with Gasteiger partial charge in [-0.2, -0.15) is 13.2 Å². The molecule has 0 amide bonds. The van der Waals surface area contributed by atoms with Gasteiger partial charge in [-0.3, -0.25) is 0 Å². The minimum absolute atomic E-state index is 0.298. The summed E-state index contributed by atoms with van der Waals surface area (Å²) in [6, 6.07) is 6.19. The Morgan fingerprint density at radius 2 is 1.71 bits per heavy atom. The highest BCUT2D eigenvalue weighted by Gasteiger charge is 2.33. The van der Waals surface area contributed by atoms with Gasteiger partial charge in [0.1, 0.15) is 0 Å². The van der Waals surface area contributed by atoms with Crippen molar-refractivity contribution in [3.05, 3.63) is 35.4 Å². The molecule has 0 aliphatic heterocycles. The van der Waals surface area contributed by atoms with Gasteiger partial charge in [0.15, 0.2) is 0 Å². The van der Waals surface area contributed by atoms with Gasteiger partial charge < -0.3 is 5.32 Å². The zero-order valence-corrected chi connectivity index (χ0v) is 12.7. The quantitative estimate of drug-likeness (QED) is 0.824. The molecule has 0 bridgehead atoms. The van der Waals surface area contributed by atoms with Crippen molar-refractivity contribution in [3.8, 4) is 0 Å². The molecular formula is C17H24F3N. The van der Waals surface area contributed by atoms with Crippen molar-refractivity contribution in [3.63, 3.8) is 0 Å². The van der Waals surface area contributed by atoms with Gasteiger partial charge in [-0.1, -0.05) is 32.0 Å². The SMILES string of the molecule is CC(C)C1CCC(NCc2ccccc2C(F)(F)F)CC1. The molecule has 0 unspecified atom stereocenters. The maximum absolute atomic E-state index is 12.9. The highest BCUT2D eigenvalue weighted by Crippen LogP contribution is 2.33. The average molecular weight is 299 g/mol. The summed E-state index contributed by atoms with van der Waals surface area (Å²) in [6.45, 7) is 4.79. The molecule has 0 atom stereocenters. The molecular weight excluding hydrogens is 275 g/mol. The topological polar surface area (TPSA) is 12.0 Å². The summed E-state index contributed by atoms with van der Waals surface area (Å²) in [5.41, 5.74) is -0.177. The van der Waals surface area contributed by atoms with Crippen molar-refractivity contribution in [2.75, 3.05) is 0 Å². The molecule has 0 heterocycles. The molecule has 4 heteroatoms. The summed E-state index contributed by atoms with van der Waals surface area (Å²) < 4.78 is 38.8. The lowest BCUT2D eigenvalue weighted by Crippen LogP contribution is -2.34. The Hall–Kier alpha value is -1.03. The summed E-state index contributed by atoms with van der Waals surface area (Å²) in [4.78, 5) is 0. The predicted octanol–water partition coefficient (Wildman–Crippen LogP) is 5.01. The molecule has 1 aromatic carbocycles. The number of hydrogen-bond acceptors (Lipinski definition) is 1. The van der Waals surface area contributed by atoms with Crippen LogP contribution in [-0.4, -0.2) is 6.04 Å². The van der Waals surface area contributed by atoms with Crippen molar-refractivity contribution in [2.45, 2.75) is 58.3 Å². The first-order chi connectivity index (χ1) is 9.88. The number of rotatable bonds is 4. The molecule has 1 saturated carbocycles. The lowest BCUT2D eigenvalue weighted by Gasteiger charge is -2.31. The van der Waals surface area contributed by atoms with Crippen molar-refractivity contribution < 1.29 is 13.2 Å². The smallest absolute Gasteiger partial charge is 0.310 e. The second kappa shape index (κ2) is 6.82. The molecule has 1 aromatic rings. The number of halogens is 3. The van der Waals surface area contributed by atoms with Crippen molar-refractivity contribution in [1.29, 1.82) is 0 Å². The fraction of sp³-hybridized carbons (Fsp3) is 0.647. The second-order valence-electron chi connectivity index (χ2n) is 6.39. The zero-order chi connectivity index (χ0) is 15.5. The van der Waals surface area contributed by atoms with E-state index < -0.39 is 11.7 Å². The van der Waals surface area contributed by atoms with Gasteiger partial charge in [-0.25, -0.2) is 0 Å². The summed E-state index contributed by atoms with van der Waals surface area (Å²) in [7, 11) is 0. The van der Waals surface area contributed by atoms with E-state index in [0.717, 1.165) is 24.8 Å². The van der Waals surface area contributed by atoms with Gasteiger partial charge in [0.25, 0.3) is 0 Å². The van der Waals surface area contributed by atoms with Gasteiger partial charge in [0.05, 0.1) is 5.56 Å². The molecule has 1 N–H and O–H groups in total. The van der Waals surface area contributed by atoms with Crippen LogP contribution in [-0.2, 0) is 12.7 Å². The summed E-state index contributed by atoms with van der Waals surface area (Å²) in [5, 5.41) is 3.31. The molecule has 1 nitrogen and oxygen atoms in total. The standard InChI is InChI=1S/C17H24F3N/c1-12(2)13-7-9-15(10-8-13)21-11-14-5-3-4-6-16(14)17(18,19)20/h3-6,12-13,15,21H,7-11H2,1-2H3. The molecule has 2 rings (SSSR count). The van der Waals surface area contributed by atoms with Gasteiger partial charge in [-0.15, -0.1) is 0 Å². The van der Waals surface area contributed by atoms with E-state index in [1.54, 1.807) is 12.1 Å².